The molecule has 0 radical (unpaired) electrons. The van der Waals surface area contributed by atoms with E-state index in [9.17, 15) is 4.79 Å². The Bertz CT molecular complexity index is 749. The first-order valence-corrected chi connectivity index (χ1v) is 9.72. The lowest BCUT2D eigenvalue weighted by Crippen LogP contribution is -2.22. The zero-order valence-electron chi connectivity index (χ0n) is 14.1. The molecule has 3 atom stereocenters. The molecule has 2 aliphatic rings. The highest BCUT2D eigenvalue weighted by atomic mass is 79.9. The van der Waals surface area contributed by atoms with Crippen LogP contribution in [0.5, 0.6) is 0 Å². The van der Waals surface area contributed by atoms with Crippen molar-refractivity contribution in [1.82, 2.24) is 0 Å². The van der Waals surface area contributed by atoms with Crippen molar-refractivity contribution in [2.75, 3.05) is 24.6 Å². The van der Waals surface area contributed by atoms with Crippen molar-refractivity contribution in [2.24, 2.45) is 11.8 Å². The van der Waals surface area contributed by atoms with E-state index in [2.05, 4.69) is 57.2 Å². The highest BCUT2D eigenvalue weighted by molar-refractivity contribution is 9.10. The number of anilines is 1. The number of esters is 1. The van der Waals surface area contributed by atoms with E-state index in [1.54, 1.807) is 0 Å². The number of ether oxygens (including phenoxy) is 1. The number of carbonyl (C=O) groups is 1. The van der Waals surface area contributed by atoms with E-state index in [4.69, 9.17) is 4.74 Å². The van der Waals surface area contributed by atoms with Gasteiger partial charge in [0.15, 0.2) is 0 Å². The summed E-state index contributed by atoms with van der Waals surface area (Å²) in [5, 5.41) is 0. The Labute approximate surface area is 157 Å². The highest BCUT2D eigenvalue weighted by Gasteiger charge is 2.45. The Balaban J connectivity index is 1.25. The number of benzene rings is 2. The van der Waals surface area contributed by atoms with Gasteiger partial charge in [-0.05, 0) is 48.6 Å². The van der Waals surface area contributed by atoms with E-state index >= 15 is 0 Å². The Morgan fingerprint density at radius 1 is 1.16 bits per heavy atom. The maximum atomic E-state index is 12.3. The molecule has 1 saturated heterocycles. The molecule has 0 spiro atoms. The second-order valence-corrected chi connectivity index (χ2v) is 7.99. The molecule has 4 heteroatoms. The number of hydrogen-bond acceptors (Lipinski definition) is 3. The van der Waals surface area contributed by atoms with E-state index < -0.39 is 0 Å². The van der Waals surface area contributed by atoms with E-state index in [0.717, 1.165) is 30.4 Å². The van der Waals surface area contributed by atoms with Crippen molar-refractivity contribution in [2.45, 2.75) is 18.8 Å². The minimum atomic E-state index is -0.0249. The quantitative estimate of drug-likeness (QED) is 0.686. The molecule has 0 N–H and O–H groups in total. The number of para-hydroxylation sites is 1. The van der Waals surface area contributed by atoms with Crippen LogP contribution in [0.2, 0.25) is 0 Å². The van der Waals surface area contributed by atoms with Crippen molar-refractivity contribution >= 4 is 27.6 Å². The maximum absolute atomic E-state index is 12.3. The average Bonchev–Trinajstić information content (AvgIpc) is 3.31. The molecule has 1 saturated carbocycles. The van der Waals surface area contributed by atoms with E-state index in [-0.39, 0.29) is 11.9 Å². The van der Waals surface area contributed by atoms with Gasteiger partial charge in [-0.25, -0.2) is 0 Å². The van der Waals surface area contributed by atoms with Gasteiger partial charge in [-0.1, -0.05) is 46.3 Å². The van der Waals surface area contributed by atoms with Gasteiger partial charge in [0.05, 0.1) is 12.5 Å². The first-order valence-electron chi connectivity index (χ1n) is 8.93. The molecular formula is C21H22BrNO2. The van der Waals surface area contributed by atoms with E-state index in [1.807, 2.05) is 18.2 Å². The number of hydrogen-bond donors (Lipinski definition) is 0. The van der Waals surface area contributed by atoms with Gasteiger partial charge in [-0.15, -0.1) is 0 Å². The zero-order valence-corrected chi connectivity index (χ0v) is 15.7. The first-order chi connectivity index (χ1) is 12.2. The van der Waals surface area contributed by atoms with Crippen LogP contribution in [0.1, 0.15) is 24.3 Å². The summed E-state index contributed by atoms with van der Waals surface area (Å²) < 4.78 is 6.70. The van der Waals surface area contributed by atoms with Crippen LogP contribution in [-0.2, 0) is 9.53 Å². The van der Waals surface area contributed by atoms with Crippen molar-refractivity contribution in [1.29, 1.82) is 0 Å². The molecule has 3 unspecified atom stereocenters. The maximum Gasteiger partial charge on any atom is 0.309 e. The summed E-state index contributed by atoms with van der Waals surface area (Å²) in [6.45, 7) is 2.55. The van der Waals surface area contributed by atoms with E-state index in [0.29, 0.717) is 18.4 Å². The highest BCUT2D eigenvalue weighted by Crippen LogP contribution is 2.48. The van der Waals surface area contributed by atoms with Gasteiger partial charge in [-0.3, -0.25) is 4.79 Å². The third kappa shape index (κ3) is 3.90. The van der Waals surface area contributed by atoms with E-state index in [1.165, 1.54) is 11.3 Å². The summed E-state index contributed by atoms with van der Waals surface area (Å²) in [5.41, 5.74) is 2.49. The van der Waals surface area contributed by atoms with Crippen molar-refractivity contribution in [3.05, 3.63) is 64.6 Å². The smallest absolute Gasteiger partial charge is 0.309 e. The van der Waals surface area contributed by atoms with Crippen LogP contribution in [0.25, 0.3) is 0 Å². The lowest BCUT2D eigenvalue weighted by atomic mass is 10.1. The van der Waals surface area contributed by atoms with Crippen molar-refractivity contribution < 1.29 is 9.53 Å². The normalized spacial score (nSPS) is 25.0. The SMILES string of the molecule is O=C(OCC1CCN(c2ccccc2)C1)C1CC1c1cccc(Br)c1. The molecule has 2 fully saturated rings. The molecule has 2 aromatic rings. The zero-order chi connectivity index (χ0) is 17.2. The second kappa shape index (κ2) is 7.20. The van der Waals surface area contributed by atoms with Crippen LogP contribution in [-0.4, -0.2) is 25.7 Å². The Morgan fingerprint density at radius 2 is 2.00 bits per heavy atom. The summed E-state index contributed by atoms with van der Waals surface area (Å²) in [6, 6.07) is 18.7. The fraction of sp³-hybridized carbons (Fsp3) is 0.381. The molecule has 130 valence electrons. The summed E-state index contributed by atoms with van der Waals surface area (Å²) in [5.74, 6) is 0.783. The fourth-order valence-electron chi connectivity index (χ4n) is 3.71. The molecule has 0 bridgehead atoms. The Hall–Kier alpha value is -1.81. The second-order valence-electron chi connectivity index (χ2n) is 7.07. The standard InChI is InChI=1S/C21H22BrNO2/c22-17-6-4-5-16(11-17)19-12-20(19)21(24)25-14-15-9-10-23(13-15)18-7-2-1-3-8-18/h1-8,11,15,19-20H,9-10,12-14H2. The first kappa shape index (κ1) is 16.6. The molecule has 4 rings (SSSR count). The Morgan fingerprint density at radius 3 is 2.80 bits per heavy atom. The number of halogens is 1. The monoisotopic (exact) mass is 399 g/mol. The average molecular weight is 400 g/mol. The van der Waals surface area contributed by atoms with Gasteiger partial charge < -0.3 is 9.64 Å². The van der Waals surface area contributed by atoms with Gasteiger partial charge in [0, 0.05) is 29.2 Å². The fourth-order valence-corrected chi connectivity index (χ4v) is 4.13. The molecular weight excluding hydrogens is 378 g/mol. The third-order valence-electron chi connectivity index (χ3n) is 5.24. The van der Waals surface area contributed by atoms with Crippen LogP contribution in [0.15, 0.2) is 59.1 Å². The van der Waals surface area contributed by atoms with Crippen molar-refractivity contribution in [3.63, 3.8) is 0 Å². The van der Waals surface area contributed by atoms with Gasteiger partial charge in [0.1, 0.15) is 0 Å². The molecule has 2 aromatic carbocycles. The summed E-state index contributed by atoms with van der Waals surface area (Å²) in [4.78, 5) is 14.7. The predicted octanol–water partition coefficient (Wildman–Crippen LogP) is 4.62. The third-order valence-corrected chi connectivity index (χ3v) is 5.73. The molecule has 1 aliphatic carbocycles. The minimum absolute atomic E-state index is 0.0249. The Kier molecular flexibility index (Phi) is 4.80. The number of rotatable bonds is 5. The number of nitrogens with zero attached hydrogens (tertiary/aromatic N) is 1. The number of carbonyl (C=O) groups excluding carboxylic acids is 1. The topological polar surface area (TPSA) is 29.5 Å². The lowest BCUT2D eigenvalue weighted by molar-refractivity contribution is -0.146. The van der Waals surface area contributed by atoms with Crippen LogP contribution in [0.3, 0.4) is 0 Å². The minimum Gasteiger partial charge on any atom is -0.465 e. The van der Waals surface area contributed by atoms with Crippen LogP contribution in [0, 0.1) is 11.8 Å². The summed E-state index contributed by atoms with van der Waals surface area (Å²) in [7, 11) is 0. The van der Waals surface area contributed by atoms with Crippen molar-refractivity contribution in [3.8, 4) is 0 Å². The molecule has 1 aliphatic heterocycles. The molecule has 25 heavy (non-hydrogen) atoms. The summed E-state index contributed by atoms with van der Waals surface area (Å²) >= 11 is 3.49. The van der Waals surface area contributed by atoms with Crippen LogP contribution < -0.4 is 4.90 Å². The predicted molar refractivity (Wildman–Crippen MR) is 103 cm³/mol. The van der Waals surface area contributed by atoms with Crippen LogP contribution >= 0.6 is 15.9 Å². The van der Waals surface area contributed by atoms with Gasteiger partial charge in [0.2, 0.25) is 0 Å². The molecule has 0 amide bonds. The molecule has 0 aromatic heterocycles. The largest absolute Gasteiger partial charge is 0.465 e. The lowest BCUT2D eigenvalue weighted by Gasteiger charge is -2.18. The van der Waals surface area contributed by atoms with Gasteiger partial charge in [0.25, 0.3) is 0 Å². The summed E-state index contributed by atoms with van der Waals surface area (Å²) in [6.07, 6.45) is 2.00. The van der Waals surface area contributed by atoms with Gasteiger partial charge >= 0.3 is 5.97 Å². The van der Waals surface area contributed by atoms with Gasteiger partial charge in [-0.2, -0.15) is 0 Å². The molecule has 1 heterocycles. The molecule has 3 nitrogen and oxygen atoms in total. The van der Waals surface area contributed by atoms with Crippen LogP contribution in [0.4, 0.5) is 5.69 Å².